The van der Waals surface area contributed by atoms with Gasteiger partial charge in [-0.1, -0.05) is 12.1 Å². The topological polar surface area (TPSA) is 140 Å². The highest BCUT2D eigenvalue weighted by molar-refractivity contribution is 7.90. The Bertz CT molecular complexity index is 2270. The summed E-state index contributed by atoms with van der Waals surface area (Å²) in [6.45, 7) is 0.804. The number of hydrogen-bond donors (Lipinski definition) is 1. The molecular weight excluding hydrogens is 637 g/mol. The van der Waals surface area contributed by atoms with Crippen LogP contribution in [0, 0.1) is 24.1 Å². The van der Waals surface area contributed by atoms with Crippen LogP contribution in [-0.4, -0.2) is 40.8 Å². The fourth-order valence-electron chi connectivity index (χ4n) is 5.80. The van der Waals surface area contributed by atoms with Crippen molar-refractivity contribution in [2.75, 3.05) is 6.26 Å². The third-order valence-corrected chi connectivity index (χ3v) is 9.49. The first-order valence-electron chi connectivity index (χ1n) is 14.3. The molecule has 2 aliphatic rings. The molecule has 0 saturated heterocycles. The number of nitriles is 1. The summed E-state index contributed by atoms with van der Waals surface area (Å²) in [4.78, 5) is 4.20. The summed E-state index contributed by atoms with van der Waals surface area (Å²) < 4.78 is 84.9. The minimum absolute atomic E-state index is 0.146. The van der Waals surface area contributed by atoms with Gasteiger partial charge in [0.25, 0.3) is 0 Å². The molecule has 1 aliphatic carbocycles. The number of aromatic nitrogens is 3. The molecule has 0 unspecified atom stereocenters. The SMILES string of the molecule is Cc1nc(-c2ccc3c(c2)OC(F)(F)O3)c(-c2cc(-c3cc(F)c(CO)c(S(C)(=O)=O)c3)ccc2-c2cc(C3(C#N)CC3)nn2C)o1. The number of aliphatic hydroxyl groups excluding tert-OH is 1. The molecule has 7 rings (SSSR count). The van der Waals surface area contributed by atoms with E-state index in [0.29, 0.717) is 46.5 Å². The highest BCUT2D eigenvalue weighted by atomic mass is 32.2. The zero-order valence-electron chi connectivity index (χ0n) is 25.1. The Morgan fingerprint density at radius 1 is 1.00 bits per heavy atom. The molecule has 5 aromatic rings. The van der Waals surface area contributed by atoms with Crippen molar-refractivity contribution in [2.24, 2.45) is 7.05 Å². The molecule has 1 aliphatic heterocycles. The van der Waals surface area contributed by atoms with Crippen LogP contribution in [0.5, 0.6) is 11.5 Å². The highest BCUT2D eigenvalue weighted by Crippen LogP contribution is 2.49. The maximum absolute atomic E-state index is 15.2. The monoisotopic (exact) mass is 662 g/mol. The van der Waals surface area contributed by atoms with E-state index in [-0.39, 0.29) is 44.9 Å². The van der Waals surface area contributed by atoms with Crippen LogP contribution < -0.4 is 9.47 Å². The van der Waals surface area contributed by atoms with Gasteiger partial charge in [0.2, 0.25) is 0 Å². The van der Waals surface area contributed by atoms with Gasteiger partial charge >= 0.3 is 6.29 Å². The van der Waals surface area contributed by atoms with E-state index < -0.39 is 34.0 Å². The van der Waals surface area contributed by atoms with Crippen molar-refractivity contribution in [3.63, 3.8) is 0 Å². The second-order valence-electron chi connectivity index (χ2n) is 11.6. The van der Waals surface area contributed by atoms with Crippen LogP contribution in [0.15, 0.2) is 63.9 Å². The van der Waals surface area contributed by atoms with Gasteiger partial charge in [-0.25, -0.2) is 17.8 Å². The molecule has 10 nitrogen and oxygen atoms in total. The third-order valence-electron chi connectivity index (χ3n) is 8.33. The number of nitrogens with zero attached hydrogens (tertiary/aromatic N) is 4. The number of ether oxygens (including phenoxy) is 2. The molecule has 1 fully saturated rings. The minimum Gasteiger partial charge on any atom is -0.440 e. The molecule has 0 radical (unpaired) electrons. The highest BCUT2D eigenvalue weighted by Gasteiger charge is 2.47. The maximum Gasteiger partial charge on any atom is 0.586 e. The van der Waals surface area contributed by atoms with Crippen molar-refractivity contribution in [3.8, 4) is 62.5 Å². The Morgan fingerprint density at radius 3 is 2.40 bits per heavy atom. The first kappa shape index (κ1) is 30.5. The Hall–Kier alpha value is -5.13. The number of fused-ring (bicyclic) bond motifs is 1. The summed E-state index contributed by atoms with van der Waals surface area (Å²) in [5, 5.41) is 24.1. The second kappa shape index (κ2) is 10.4. The molecule has 2 aromatic heterocycles. The molecule has 3 heterocycles. The van der Waals surface area contributed by atoms with Gasteiger partial charge < -0.3 is 19.0 Å². The number of alkyl halides is 2. The smallest absolute Gasteiger partial charge is 0.440 e. The number of sulfone groups is 1. The average molecular weight is 663 g/mol. The summed E-state index contributed by atoms with van der Waals surface area (Å²) in [7, 11) is -2.19. The summed E-state index contributed by atoms with van der Waals surface area (Å²) >= 11 is 0. The van der Waals surface area contributed by atoms with E-state index in [9.17, 15) is 27.6 Å². The van der Waals surface area contributed by atoms with E-state index in [2.05, 4.69) is 25.6 Å². The first-order valence-corrected chi connectivity index (χ1v) is 16.2. The Kier molecular flexibility index (Phi) is 6.78. The number of halogens is 3. The summed E-state index contributed by atoms with van der Waals surface area (Å²) in [6.07, 6.45) is -1.54. The van der Waals surface area contributed by atoms with Crippen LogP contribution in [0.25, 0.3) is 45.0 Å². The predicted octanol–water partition coefficient (Wildman–Crippen LogP) is 6.30. The van der Waals surface area contributed by atoms with E-state index >= 15 is 4.39 Å². The fraction of sp³-hybridized carbons (Fsp3) is 0.242. The number of oxazole rings is 1. The number of benzene rings is 3. The van der Waals surface area contributed by atoms with Crippen molar-refractivity contribution in [2.45, 2.75) is 43.0 Å². The van der Waals surface area contributed by atoms with E-state index in [1.807, 2.05) is 6.07 Å². The Balaban J connectivity index is 1.45. The third kappa shape index (κ3) is 5.21. The van der Waals surface area contributed by atoms with E-state index in [1.54, 1.807) is 36.9 Å². The van der Waals surface area contributed by atoms with Crippen LogP contribution in [0.4, 0.5) is 13.2 Å². The van der Waals surface area contributed by atoms with Crippen molar-refractivity contribution >= 4 is 9.84 Å². The van der Waals surface area contributed by atoms with Gasteiger partial charge in [-0.3, -0.25) is 4.68 Å². The zero-order valence-corrected chi connectivity index (χ0v) is 26.0. The molecular formula is C33H25F3N4O6S. The van der Waals surface area contributed by atoms with E-state index in [0.717, 1.165) is 12.3 Å². The lowest BCUT2D eigenvalue weighted by molar-refractivity contribution is -0.286. The van der Waals surface area contributed by atoms with Gasteiger partial charge in [0, 0.05) is 42.5 Å². The van der Waals surface area contributed by atoms with E-state index in [1.165, 1.54) is 24.3 Å². The fourth-order valence-corrected chi connectivity index (χ4v) is 6.75. The number of aryl methyl sites for hydroxylation is 2. The van der Waals surface area contributed by atoms with Gasteiger partial charge in [0.15, 0.2) is 33.0 Å². The normalized spacial score (nSPS) is 15.9. The maximum atomic E-state index is 15.2. The molecule has 240 valence electrons. The van der Waals surface area contributed by atoms with Gasteiger partial charge in [-0.05, 0) is 66.4 Å². The lowest BCUT2D eigenvalue weighted by Gasteiger charge is -2.14. The van der Waals surface area contributed by atoms with Crippen molar-refractivity contribution < 1.29 is 40.6 Å². The van der Waals surface area contributed by atoms with Gasteiger partial charge in [-0.15, -0.1) is 8.78 Å². The van der Waals surface area contributed by atoms with Crippen molar-refractivity contribution in [1.82, 2.24) is 14.8 Å². The summed E-state index contributed by atoms with van der Waals surface area (Å²) in [6, 6.07) is 15.9. The lowest BCUT2D eigenvalue weighted by Crippen LogP contribution is -2.25. The van der Waals surface area contributed by atoms with Gasteiger partial charge in [0.05, 0.1) is 29.0 Å². The van der Waals surface area contributed by atoms with E-state index in [4.69, 9.17) is 4.42 Å². The Morgan fingerprint density at radius 2 is 1.72 bits per heavy atom. The van der Waals surface area contributed by atoms with Crippen LogP contribution in [0.1, 0.15) is 30.0 Å². The molecule has 0 bridgehead atoms. The molecule has 1 saturated carbocycles. The number of hydrogen-bond acceptors (Lipinski definition) is 9. The molecule has 47 heavy (non-hydrogen) atoms. The standard InChI is InChI=1S/C33H25F3N4O6S/c1-17-38-30(19-5-7-26-27(12-19)46-33(35,36)45-26)31(44-17)22-10-18(20-11-24(34)23(15-41)28(13-20)47(3,42)43)4-6-21(22)25-14-29(39-40(25)2)32(16-37)8-9-32/h4-7,10-14,41H,8-9,15H2,1-3H3. The molecule has 1 N–H and O–H groups in total. The number of aliphatic hydroxyl groups is 1. The summed E-state index contributed by atoms with van der Waals surface area (Å²) in [5.41, 5.74) is 2.50. The van der Waals surface area contributed by atoms with Gasteiger partial charge in [0.1, 0.15) is 16.9 Å². The largest absolute Gasteiger partial charge is 0.586 e. The Labute approximate surface area is 266 Å². The van der Waals surface area contributed by atoms with Crippen molar-refractivity contribution in [3.05, 3.63) is 77.6 Å². The quantitative estimate of drug-likeness (QED) is 0.213. The lowest BCUT2D eigenvalue weighted by atomic mass is 9.93. The van der Waals surface area contributed by atoms with Crippen LogP contribution in [0.3, 0.4) is 0 Å². The molecule has 0 amide bonds. The molecule has 14 heteroatoms. The molecule has 3 aromatic carbocycles. The van der Waals surface area contributed by atoms with Gasteiger partial charge in [-0.2, -0.15) is 10.4 Å². The zero-order chi connectivity index (χ0) is 33.5. The second-order valence-corrected chi connectivity index (χ2v) is 13.6. The molecule has 0 spiro atoms. The minimum atomic E-state index is -3.92. The first-order chi connectivity index (χ1) is 22.2. The average Bonchev–Trinajstić information content (AvgIpc) is 3.41. The predicted molar refractivity (Wildman–Crippen MR) is 161 cm³/mol. The van der Waals surface area contributed by atoms with Crippen LogP contribution >= 0.6 is 0 Å². The van der Waals surface area contributed by atoms with Crippen molar-refractivity contribution in [1.29, 1.82) is 5.26 Å². The van der Waals surface area contributed by atoms with Crippen LogP contribution in [0.2, 0.25) is 0 Å². The number of rotatable bonds is 7. The molecule has 0 atom stereocenters. The van der Waals surface area contributed by atoms with Crippen LogP contribution in [-0.2, 0) is 28.9 Å². The summed E-state index contributed by atoms with van der Waals surface area (Å²) in [5.74, 6) is -0.758.